The molecular formula is C13H16N2. The van der Waals surface area contributed by atoms with Crippen molar-refractivity contribution in [3.63, 3.8) is 0 Å². The Balaban J connectivity index is 2.46. The first kappa shape index (κ1) is 9.97. The fraction of sp³-hybridized carbons (Fsp3) is 0.308. The summed E-state index contributed by atoms with van der Waals surface area (Å²) in [6.45, 7) is 6.44. The highest BCUT2D eigenvalue weighted by Crippen LogP contribution is 2.20. The monoisotopic (exact) mass is 200 g/mol. The predicted molar refractivity (Wildman–Crippen MR) is 65.3 cm³/mol. The molecule has 2 heteroatoms. The lowest BCUT2D eigenvalue weighted by Gasteiger charge is -2.21. The number of nitrogens with zero attached hydrogens (tertiary/aromatic N) is 2. The molecule has 0 N–H and O–H groups in total. The summed E-state index contributed by atoms with van der Waals surface area (Å²) < 4.78 is 0. The van der Waals surface area contributed by atoms with Crippen LogP contribution in [0.1, 0.15) is 13.8 Å². The molecular weight excluding hydrogens is 184 g/mol. The van der Waals surface area contributed by atoms with Gasteiger partial charge in [0.2, 0.25) is 0 Å². The van der Waals surface area contributed by atoms with Crippen molar-refractivity contribution in [3.8, 4) is 0 Å². The lowest BCUT2D eigenvalue weighted by Crippen LogP contribution is -2.21. The number of rotatable bonds is 3. The number of fused-ring (bicyclic) bond motifs is 1. The van der Waals surface area contributed by atoms with Crippen LogP contribution in [0.4, 0.5) is 5.69 Å². The first-order valence-corrected chi connectivity index (χ1v) is 5.44. The van der Waals surface area contributed by atoms with E-state index in [2.05, 4.69) is 41.9 Å². The summed E-state index contributed by atoms with van der Waals surface area (Å²) in [5.41, 5.74) is 1.28. The molecule has 1 heterocycles. The van der Waals surface area contributed by atoms with Crippen molar-refractivity contribution in [1.29, 1.82) is 0 Å². The van der Waals surface area contributed by atoms with Crippen LogP contribution in [0.25, 0.3) is 10.8 Å². The van der Waals surface area contributed by atoms with Gasteiger partial charge in [-0.05, 0) is 37.4 Å². The van der Waals surface area contributed by atoms with E-state index in [0.29, 0.717) is 0 Å². The third kappa shape index (κ3) is 1.94. The van der Waals surface area contributed by atoms with Crippen LogP contribution in [0.5, 0.6) is 0 Å². The maximum absolute atomic E-state index is 4.15. The number of hydrogen-bond donors (Lipinski definition) is 0. The third-order valence-electron chi connectivity index (χ3n) is 2.75. The van der Waals surface area contributed by atoms with Crippen molar-refractivity contribution in [1.82, 2.24) is 4.98 Å². The molecule has 0 aliphatic carbocycles. The zero-order valence-electron chi connectivity index (χ0n) is 9.27. The molecule has 0 saturated heterocycles. The minimum atomic E-state index is 1.04. The van der Waals surface area contributed by atoms with Crippen LogP contribution < -0.4 is 4.90 Å². The number of aromatic nitrogens is 1. The Labute approximate surface area is 90.6 Å². The van der Waals surface area contributed by atoms with Gasteiger partial charge in [-0.2, -0.15) is 0 Å². The van der Waals surface area contributed by atoms with Crippen LogP contribution in [0, 0.1) is 0 Å². The Hall–Kier alpha value is -1.57. The maximum Gasteiger partial charge on any atom is 0.0372 e. The van der Waals surface area contributed by atoms with E-state index in [9.17, 15) is 0 Å². The first-order valence-electron chi connectivity index (χ1n) is 5.44. The molecule has 0 radical (unpaired) electrons. The fourth-order valence-electron chi connectivity index (χ4n) is 1.86. The van der Waals surface area contributed by atoms with Crippen molar-refractivity contribution in [2.24, 2.45) is 0 Å². The average Bonchev–Trinajstić information content (AvgIpc) is 2.30. The number of anilines is 1. The SMILES string of the molecule is CCN(CC)c1ccc2ccncc2c1. The topological polar surface area (TPSA) is 16.1 Å². The maximum atomic E-state index is 4.15. The van der Waals surface area contributed by atoms with Gasteiger partial charge in [0.15, 0.2) is 0 Å². The second-order valence-corrected chi connectivity index (χ2v) is 3.58. The molecule has 0 aliphatic rings. The van der Waals surface area contributed by atoms with Gasteiger partial charge in [-0.25, -0.2) is 0 Å². The molecule has 0 fully saturated rings. The molecule has 78 valence electrons. The van der Waals surface area contributed by atoms with Crippen LogP contribution in [-0.2, 0) is 0 Å². The molecule has 0 saturated carbocycles. The van der Waals surface area contributed by atoms with Gasteiger partial charge in [0.05, 0.1) is 0 Å². The van der Waals surface area contributed by atoms with Gasteiger partial charge in [0.25, 0.3) is 0 Å². The molecule has 0 unspecified atom stereocenters. The summed E-state index contributed by atoms with van der Waals surface area (Å²) in [7, 11) is 0. The van der Waals surface area contributed by atoms with Crippen molar-refractivity contribution in [2.75, 3.05) is 18.0 Å². The molecule has 2 rings (SSSR count). The van der Waals surface area contributed by atoms with Crippen LogP contribution >= 0.6 is 0 Å². The standard InChI is InChI=1S/C13H16N2/c1-3-15(4-2)13-6-5-11-7-8-14-10-12(11)9-13/h5-10H,3-4H2,1-2H3. The van der Waals surface area contributed by atoms with Gasteiger partial charge in [-0.15, -0.1) is 0 Å². The number of benzene rings is 1. The van der Waals surface area contributed by atoms with Gasteiger partial charge in [0, 0.05) is 36.6 Å². The smallest absolute Gasteiger partial charge is 0.0372 e. The Morgan fingerprint density at radius 1 is 1.07 bits per heavy atom. The largest absolute Gasteiger partial charge is 0.372 e. The zero-order chi connectivity index (χ0) is 10.7. The van der Waals surface area contributed by atoms with Crippen LogP contribution in [0.3, 0.4) is 0 Å². The van der Waals surface area contributed by atoms with E-state index >= 15 is 0 Å². The van der Waals surface area contributed by atoms with Gasteiger partial charge in [-0.3, -0.25) is 4.98 Å². The molecule has 0 atom stereocenters. The lowest BCUT2D eigenvalue weighted by atomic mass is 10.1. The highest BCUT2D eigenvalue weighted by molar-refractivity contribution is 5.84. The Morgan fingerprint density at radius 3 is 2.60 bits per heavy atom. The summed E-state index contributed by atoms with van der Waals surface area (Å²) in [5, 5.41) is 2.46. The van der Waals surface area contributed by atoms with E-state index < -0.39 is 0 Å². The summed E-state index contributed by atoms with van der Waals surface area (Å²) in [6, 6.07) is 8.58. The Kier molecular flexibility index (Phi) is 2.86. The quantitative estimate of drug-likeness (QED) is 0.757. The summed E-state index contributed by atoms with van der Waals surface area (Å²) in [5.74, 6) is 0. The van der Waals surface area contributed by atoms with E-state index in [1.54, 1.807) is 0 Å². The van der Waals surface area contributed by atoms with Gasteiger partial charge in [-0.1, -0.05) is 6.07 Å². The van der Waals surface area contributed by atoms with Crippen molar-refractivity contribution in [3.05, 3.63) is 36.7 Å². The van der Waals surface area contributed by atoms with Crippen LogP contribution in [-0.4, -0.2) is 18.1 Å². The van der Waals surface area contributed by atoms with Crippen LogP contribution in [0.15, 0.2) is 36.7 Å². The molecule has 15 heavy (non-hydrogen) atoms. The minimum absolute atomic E-state index is 1.04. The van der Waals surface area contributed by atoms with Crippen molar-refractivity contribution >= 4 is 16.5 Å². The fourth-order valence-corrected chi connectivity index (χ4v) is 1.86. The van der Waals surface area contributed by atoms with E-state index in [1.165, 1.54) is 16.5 Å². The highest BCUT2D eigenvalue weighted by atomic mass is 15.1. The average molecular weight is 200 g/mol. The molecule has 0 bridgehead atoms. The van der Waals surface area contributed by atoms with Crippen LogP contribution in [0.2, 0.25) is 0 Å². The zero-order valence-corrected chi connectivity index (χ0v) is 9.27. The number of pyridine rings is 1. The summed E-state index contributed by atoms with van der Waals surface area (Å²) >= 11 is 0. The van der Waals surface area contributed by atoms with E-state index in [-0.39, 0.29) is 0 Å². The minimum Gasteiger partial charge on any atom is -0.372 e. The highest BCUT2D eigenvalue weighted by Gasteiger charge is 2.02. The lowest BCUT2D eigenvalue weighted by molar-refractivity contribution is 0.867. The summed E-state index contributed by atoms with van der Waals surface area (Å²) in [6.07, 6.45) is 3.75. The van der Waals surface area contributed by atoms with Crippen molar-refractivity contribution < 1.29 is 0 Å². The van der Waals surface area contributed by atoms with Gasteiger partial charge < -0.3 is 4.90 Å². The molecule has 0 spiro atoms. The molecule has 0 amide bonds. The van der Waals surface area contributed by atoms with E-state index in [4.69, 9.17) is 0 Å². The van der Waals surface area contributed by atoms with E-state index in [1.807, 2.05) is 18.5 Å². The molecule has 2 aromatic rings. The second kappa shape index (κ2) is 4.30. The first-order chi connectivity index (χ1) is 7.35. The Morgan fingerprint density at radius 2 is 1.87 bits per heavy atom. The third-order valence-corrected chi connectivity index (χ3v) is 2.75. The second-order valence-electron chi connectivity index (χ2n) is 3.58. The molecule has 1 aromatic carbocycles. The number of hydrogen-bond acceptors (Lipinski definition) is 2. The summed E-state index contributed by atoms with van der Waals surface area (Å²) in [4.78, 5) is 6.49. The predicted octanol–water partition coefficient (Wildman–Crippen LogP) is 3.08. The van der Waals surface area contributed by atoms with Gasteiger partial charge >= 0.3 is 0 Å². The van der Waals surface area contributed by atoms with Crippen molar-refractivity contribution in [2.45, 2.75) is 13.8 Å². The molecule has 1 aromatic heterocycles. The Bertz CT molecular complexity index is 447. The van der Waals surface area contributed by atoms with Gasteiger partial charge in [0.1, 0.15) is 0 Å². The normalized spacial score (nSPS) is 10.5. The molecule has 2 nitrogen and oxygen atoms in total. The van der Waals surface area contributed by atoms with E-state index in [0.717, 1.165) is 13.1 Å². The molecule has 0 aliphatic heterocycles.